The summed E-state index contributed by atoms with van der Waals surface area (Å²) in [7, 11) is -0.364. The molecule has 1 aromatic carbocycles. The SMILES string of the molecule is CN(C)S(=O)(=O)N1CCN(C(=O)[C@@H]2CCOc3ccccc3C2)CC1. The minimum Gasteiger partial charge on any atom is -0.493 e. The largest absolute Gasteiger partial charge is 0.493 e. The van der Waals surface area contributed by atoms with Gasteiger partial charge in [-0.15, -0.1) is 0 Å². The van der Waals surface area contributed by atoms with Crippen LogP contribution in [0.5, 0.6) is 5.75 Å². The van der Waals surface area contributed by atoms with Crippen LogP contribution in [-0.4, -0.2) is 74.7 Å². The highest BCUT2D eigenvalue weighted by Crippen LogP contribution is 2.28. The molecule has 0 unspecified atom stereocenters. The number of piperazine rings is 1. The van der Waals surface area contributed by atoms with E-state index in [1.807, 2.05) is 24.3 Å². The molecule has 1 atom stereocenters. The monoisotopic (exact) mass is 367 g/mol. The lowest BCUT2D eigenvalue weighted by Crippen LogP contribution is -2.54. The Morgan fingerprint density at radius 2 is 1.84 bits per heavy atom. The van der Waals surface area contributed by atoms with Crippen LogP contribution in [0, 0.1) is 5.92 Å². The normalized spacial score (nSPS) is 22.2. The predicted octanol–water partition coefficient (Wildman–Crippen LogP) is 0.578. The van der Waals surface area contributed by atoms with Gasteiger partial charge < -0.3 is 9.64 Å². The summed E-state index contributed by atoms with van der Waals surface area (Å²) in [5, 5.41) is 0. The third kappa shape index (κ3) is 3.80. The van der Waals surface area contributed by atoms with Gasteiger partial charge in [0.25, 0.3) is 10.2 Å². The van der Waals surface area contributed by atoms with Crippen LogP contribution in [-0.2, 0) is 21.4 Å². The topological polar surface area (TPSA) is 70.2 Å². The molecule has 0 aromatic heterocycles. The van der Waals surface area contributed by atoms with E-state index in [0.717, 1.165) is 11.3 Å². The zero-order valence-corrected chi connectivity index (χ0v) is 15.5. The Morgan fingerprint density at radius 1 is 1.16 bits per heavy atom. The molecule has 25 heavy (non-hydrogen) atoms. The standard InChI is InChI=1S/C17H25N3O4S/c1-18(2)25(22,23)20-10-8-19(9-11-20)17(21)15-7-12-24-16-6-4-3-5-14(16)13-15/h3-6,15H,7-13H2,1-2H3/t15-/m1/s1. The maximum Gasteiger partial charge on any atom is 0.281 e. The molecule has 0 radical (unpaired) electrons. The fourth-order valence-corrected chi connectivity index (χ4v) is 4.42. The Morgan fingerprint density at radius 3 is 2.52 bits per heavy atom. The summed E-state index contributed by atoms with van der Waals surface area (Å²) >= 11 is 0. The molecule has 2 heterocycles. The summed E-state index contributed by atoms with van der Waals surface area (Å²) < 4.78 is 32.7. The third-order valence-corrected chi connectivity index (χ3v) is 6.79. The van der Waals surface area contributed by atoms with Crippen LogP contribution in [0.3, 0.4) is 0 Å². The minimum absolute atomic E-state index is 0.0993. The molecule has 0 saturated carbocycles. The maximum atomic E-state index is 12.9. The van der Waals surface area contributed by atoms with Gasteiger partial charge in [-0.05, 0) is 24.5 Å². The highest BCUT2D eigenvalue weighted by atomic mass is 32.2. The quantitative estimate of drug-likeness (QED) is 0.784. The van der Waals surface area contributed by atoms with Gasteiger partial charge in [-0.3, -0.25) is 4.79 Å². The van der Waals surface area contributed by atoms with Crippen molar-refractivity contribution in [1.29, 1.82) is 0 Å². The van der Waals surface area contributed by atoms with Crippen molar-refractivity contribution in [2.75, 3.05) is 46.9 Å². The molecule has 0 bridgehead atoms. The van der Waals surface area contributed by atoms with Crippen LogP contribution in [0.2, 0.25) is 0 Å². The maximum absolute atomic E-state index is 12.9. The summed E-state index contributed by atoms with van der Waals surface area (Å²) in [6.45, 7) is 2.08. The van der Waals surface area contributed by atoms with Gasteiger partial charge in [0, 0.05) is 46.2 Å². The summed E-state index contributed by atoms with van der Waals surface area (Å²) in [5.74, 6) is 0.850. The molecule has 1 fully saturated rings. The Bertz CT molecular complexity index is 727. The molecule has 1 aromatic rings. The molecule has 2 aliphatic heterocycles. The second-order valence-electron chi connectivity index (χ2n) is 6.66. The molecule has 2 aliphatic rings. The van der Waals surface area contributed by atoms with E-state index in [4.69, 9.17) is 4.74 Å². The highest BCUT2D eigenvalue weighted by molar-refractivity contribution is 7.86. The number of para-hydroxylation sites is 1. The second-order valence-corrected chi connectivity index (χ2v) is 8.80. The lowest BCUT2D eigenvalue weighted by molar-refractivity contribution is -0.137. The first-order chi connectivity index (χ1) is 11.9. The van der Waals surface area contributed by atoms with E-state index < -0.39 is 10.2 Å². The van der Waals surface area contributed by atoms with Crippen LogP contribution < -0.4 is 4.74 Å². The molecule has 0 N–H and O–H groups in total. The summed E-state index contributed by atoms with van der Waals surface area (Å²) in [5.41, 5.74) is 1.06. The first-order valence-electron chi connectivity index (χ1n) is 8.56. The van der Waals surface area contributed by atoms with Crippen LogP contribution in [0.25, 0.3) is 0 Å². The fraction of sp³-hybridized carbons (Fsp3) is 0.588. The number of amides is 1. The predicted molar refractivity (Wildman–Crippen MR) is 94.5 cm³/mol. The Hall–Kier alpha value is -1.64. The van der Waals surface area contributed by atoms with Gasteiger partial charge in [0.1, 0.15) is 5.75 Å². The lowest BCUT2D eigenvalue weighted by Gasteiger charge is -2.36. The van der Waals surface area contributed by atoms with Crippen molar-refractivity contribution in [2.24, 2.45) is 5.92 Å². The van der Waals surface area contributed by atoms with Crippen molar-refractivity contribution >= 4 is 16.1 Å². The van der Waals surface area contributed by atoms with E-state index in [-0.39, 0.29) is 11.8 Å². The Labute approximate surface area is 149 Å². The molecule has 1 amide bonds. The molecule has 1 saturated heterocycles. The van der Waals surface area contributed by atoms with Crippen LogP contribution in [0.1, 0.15) is 12.0 Å². The third-order valence-electron chi connectivity index (χ3n) is 4.85. The number of ether oxygens (including phenoxy) is 1. The van der Waals surface area contributed by atoms with E-state index in [1.165, 1.54) is 22.7 Å². The van der Waals surface area contributed by atoms with Crippen LogP contribution in [0.4, 0.5) is 0 Å². The molecule has 8 heteroatoms. The number of carbonyl (C=O) groups excluding carboxylic acids is 1. The average molecular weight is 367 g/mol. The van der Waals surface area contributed by atoms with Crippen molar-refractivity contribution < 1.29 is 17.9 Å². The number of carbonyl (C=O) groups is 1. The van der Waals surface area contributed by atoms with Crippen molar-refractivity contribution in [2.45, 2.75) is 12.8 Å². The average Bonchev–Trinajstić information content (AvgIpc) is 2.83. The van der Waals surface area contributed by atoms with Gasteiger partial charge in [0.2, 0.25) is 5.91 Å². The van der Waals surface area contributed by atoms with Gasteiger partial charge >= 0.3 is 0 Å². The van der Waals surface area contributed by atoms with Gasteiger partial charge in [-0.2, -0.15) is 17.0 Å². The fourth-order valence-electron chi connectivity index (χ4n) is 3.33. The van der Waals surface area contributed by atoms with Crippen molar-refractivity contribution in [3.8, 4) is 5.75 Å². The number of hydrogen-bond acceptors (Lipinski definition) is 4. The molecule has 138 valence electrons. The number of benzene rings is 1. The summed E-state index contributed by atoms with van der Waals surface area (Å²) in [4.78, 5) is 14.7. The van der Waals surface area contributed by atoms with E-state index in [1.54, 1.807) is 4.90 Å². The van der Waals surface area contributed by atoms with E-state index in [0.29, 0.717) is 45.6 Å². The van der Waals surface area contributed by atoms with Gasteiger partial charge in [0.05, 0.1) is 6.61 Å². The smallest absolute Gasteiger partial charge is 0.281 e. The summed E-state index contributed by atoms with van der Waals surface area (Å²) in [6.07, 6.45) is 1.36. The molecule has 3 rings (SSSR count). The molecular weight excluding hydrogens is 342 g/mol. The van der Waals surface area contributed by atoms with Gasteiger partial charge in [0.15, 0.2) is 0 Å². The highest BCUT2D eigenvalue weighted by Gasteiger charge is 2.33. The minimum atomic E-state index is -3.41. The molecular formula is C17H25N3O4S. The van der Waals surface area contributed by atoms with Crippen molar-refractivity contribution in [1.82, 2.24) is 13.5 Å². The molecule has 0 spiro atoms. The Balaban J connectivity index is 1.63. The number of rotatable bonds is 3. The first-order valence-corrected chi connectivity index (χ1v) is 9.96. The van der Waals surface area contributed by atoms with Crippen LogP contribution in [0.15, 0.2) is 24.3 Å². The number of hydrogen-bond donors (Lipinski definition) is 0. The zero-order valence-electron chi connectivity index (χ0n) is 14.7. The van der Waals surface area contributed by atoms with Crippen molar-refractivity contribution in [3.05, 3.63) is 29.8 Å². The zero-order chi connectivity index (χ0) is 18.0. The van der Waals surface area contributed by atoms with Crippen molar-refractivity contribution in [3.63, 3.8) is 0 Å². The summed E-state index contributed by atoms with van der Waals surface area (Å²) in [6, 6.07) is 7.83. The number of nitrogens with zero attached hydrogens (tertiary/aromatic N) is 3. The first kappa shape index (κ1) is 18.2. The van der Waals surface area contributed by atoms with Crippen LogP contribution >= 0.6 is 0 Å². The Kier molecular flexibility index (Phi) is 5.31. The molecule has 7 nitrogen and oxygen atoms in total. The van der Waals surface area contributed by atoms with E-state index in [9.17, 15) is 13.2 Å². The van der Waals surface area contributed by atoms with Gasteiger partial charge in [-0.1, -0.05) is 18.2 Å². The van der Waals surface area contributed by atoms with Gasteiger partial charge in [-0.25, -0.2) is 0 Å². The molecule has 0 aliphatic carbocycles. The number of fused-ring (bicyclic) bond motifs is 1. The van der Waals surface area contributed by atoms with E-state index >= 15 is 0 Å². The second kappa shape index (κ2) is 7.31. The van der Waals surface area contributed by atoms with E-state index in [2.05, 4.69) is 0 Å². The lowest BCUT2D eigenvalue weighted by atomic mass is 9.95.